The van der Waals surface area contributed by atoms with Crippen molar-refractivity contribution < 1.29 is 17.9 Å². The highest BCUT2D eigenvalue weighted by molar-refractivity contribution is 6.03. The number of aromatic amines is 1. The second-order valence-corrected chi connectivity index (χ2v) is 7.10. The molecule has 160 valence electrons. The molecule has 0 fully saturated rings. The number of hydrogen-bond donors (Lipinski definition) is 1. The number of hydrogen-bond acceptors (Lipinski definition) is 4. The van der Waals surface area contributed by atoms with Crippen LogP contribution >= 0.6 is 0 Å². The number of rotatable bonds is 4. The average molecular weight is 436 g/mol. The van der Waals surface area contributed by atoms with Crippen LogP contribution in [0.5, 0.6) is 5.75 Å². The van der Waals surface area contributed by atoms with Crippen LogP contribution in [0.3, 0.4) is 0 Å². The number of alkyl halides is 3. The van der Waals surface area contributed by atoms with E-state index in [1.807, 2.05) is 24.3 Å². The van der Waals surface area contributed by atoms with E-state index in [4.69, 9.17) is 0 Å². The zero-order chi connectivity index (χ0) is 22.3. The number of ether oxygens (including phenoxy) is 1. The smallest absolute Gasteiger partial charge is 0.405 e. The highest BCUT2D eigenvalue weighted by Crippen LogP contribution is 2.30. The SMILES string of the molecule is O=c1c2c(Cc3ccccc3OC(F)(F)F)n[nH]c2c2cccnc2n1-c1ccccc1. The number of H-pyrrole nitrogens is 1. The third kappa shape index (κ3) is 3.47. The predicted octanol–water partition coefficient (Wildman–Crippen LogP) is 4.75. The summed E-state index contributed by atoms with van der Waals surface area (Å²) in [5, 5.41) is 8.10. The summed E-state index contributed by atoms with van der Waals surface area (Å²) < 4.78 is 44.1. The summed E-state index contributed by atoms with van der Waals surface area (Å²) in [6, 6.07) is 18.4. The minimum atomic E-state index is -4.83. The van der Waals surface area contributed by atoms with Gasteiger partial charge in [-0.3, -0.25) is 14.5 Å². The standard InChI is InChI=1S/C23H15F3N4O2/c24-23(25,26)32-18-11-5-4-7-14(18)13-17-19-20(29-28-17)16-10-6-12-27-21(16)30(22(19)31)15-8-2-1-3-9-15/h1-12H,13H2,(H,28,29). The molecule has 5 aromatic rings. The van der Waals surface area contributed by atoms with Gasteiger partial charge in [-0.2, -0.15) is 5.10 Å². The van der Waals surface area contributed by atoms with E-state index in [0.717, 1.165) is 0 Å². The molecule has 0 atom stereocenters. The number of nitrogens with one attached hydrogen (secondary N) is 1. The van der Waals surface area contributed by atoms with Crippen LogP contribution in [0.2, 0.25) is 0 Å². The summed E-state index contributed by atoms with van der Waals surface area (Å²) in [6.07, 6.45) is -3.26. The lowest BCUT2D eigenvalue weighted by Crippen LogP contribution is -2.20. The summed E-state index contributed by atoms with van der Waals surface area (Å²) in [7, 11) is 0. The molecule has 5 rings (SSSR count). The van der Waals surface area contributed by atoms with Gasteiger partial charge in [0.2, 0.25) is 0 Å². The lowest BCUT2D eigenvalue weighted by Gasteiger charge is -2.13. The van der Waals surface area contributed by atoms with Gasteiger partial charge in [-0.1, -0.05) is 36.4 Å². The van der Waals surface area contributed by atoms with Gasteiger partial charge in [-0.15, -0.1) is 13.2 Å². The average Bonchev–Trinajstić information content (AvgIpc) is 3.19. The Morgan fingerprint density at radius 1 is 0.969 bits per heavy atom. The van der Waals surface area contributed by atoms with Crippen LogP contribution in [0.1, 0.15) is 11.3 Å². The van der Waals surface area contributed by atoms with Crippen LogP contribution in [0.15, 0.2) is 77.7 Å². The summed E-state index contributed by atoms with van der Waals surface area (Å²) in [5.41, 5.74) is 1.77. The second kappa shape index (κ2) is 7.52. The van der Waals surface area contributed by atoms with Crippen molar-refractivity contribution in [2.24, 2.45) is 0 Å². The lowest BCUT2D eigenvalue weighted by molar-refractivity contribution is -0.274. The maximum Gasteiger partial charge on any atom is 0.573 e. The molecule has 0 aliphatic carbocycles. The Morgan fingerprint density at radius 3 is 2.50 bits per heavy atom. The molecule has 0 saturated carbocycles. The molecule has 0 saturated heterocycles. The van der Waals surface area contributed by atoms with Crippen molar-refractivity contribution in [2.45, 2.75) is 12.8 Å². The number of halogens is 3. The molecular weight excluding hydrogens is 421 g/mol. The first-order valence-corrected chi connectivity index (χ1v) is 9.68. The first kappa shape index (κ1) is 19.8. The number of benzene rings is 2. The van der Waals surface area contributed by atoms with Crippen LogP contribution in [0.25, 0.3) is 27.6 Å². The van der Waals surface area contributed by atoms with Crippen LogP contribution in [0.4, 0.5) is 13.2 Å². The largest absolute Gasteiger partial charge is 0.573 e. The molecule has 0 spiro atoms. The van der Waals surface area contributed by atoms with Gasteiger partial charge >= 0.3 is 6.36 Å². The zero-order valence-electron chi connectivity index (χ0n) is 16.4. The number of pyridine rings is 2. The first-order valence-electron chi connectivity index (χ1n) is 9.68. The van der Waals surface area contributed by atoms with Gasteiger partial charge in [0.1, 0.15) is 11.4 Å². The number of nitrogens with zero attached hydrogens (tertiary/aromatic N) is 3. The van der Waals surface area contributed by atoms with Crippen molar-refractivity contribution in [3.63, 3.8) is 0 Å². The topological polar surface area (TPSA) is 72.8 Å². The molecule has 0 aliphatic heterocycles. The van der Waals surface area contributed by atoms with Crippen LogP contribution in [-0.4, -0.2) is 26.1 Å². The third-order valence-electron chi connectivity index (χ3n) is 5.10. The van der Waals surface area contributed by atoms with Gasteiger partial charge in [-0.25, -0.2) is 4.98 Å². The van der Waals surface area contributed by atoms with Crippen LogP contribution in [0, 0.1) is 0 Å². The quantitative estimate of drug-likeness (QED) is 0.441. The van der Waals surface area contributed by atoms with E-state index < -0.39 is 6.36 Å². The molecule has 3 aromatic heterocycles. The Hall–Kier alpha value is -4.14. The van der Waals surface area contributed by atoms with Crippen molar-refractivity contribution in [2.75, 3.05) is 0 Å². The molecule has 3 heterocycles. The van der Waals surface area contributed by atoms with E-state index in [1.54, 1.807) is 30.5 Å². The van der Waals surface area contributed by atoms with E-state index in [-0.39, 0.29) is 28.7 Å². The fourth-order valence-corrected chi connectivity index (χ4v) is 3.78. The van der Waals surface area contributed by atoms with Crippen molar-refractivity contribution in [3.05, 3.63) is 94.5 Å². The molecule has 2 aromatic carbocycles. The minimum absolute atomic E-state index is 0.0257. The highest BCUT2D eigenvalue weighted by atomic mass is 19.4. The fourth-order valence-electron chi connectivity index (χ4n) is 3.78. The van der Waals surface area contributed by atoms with Crippen LogP contribution < -0.4 is 10.3 Å². The van der Waals surface area contributed by atoms with Crippen molar-refractivity contribution in [1.82, 2.24) is 19.7 Å². The highest BCUT2D eigenvalue weighted by Gasteiger charge is 2.32. The first-order chi connectivity index (χ1) is 15.4. The maximum absolute atomic E-state index is 13.6. The van der Waals surface area contributed by atoms with Gasteiger partial charge in [0.05, 0.1) is 22.3 Å². The Labute approximate surface area is 178 Å². The molecule has 6 nitrogen and oxygen atoms in total. The molecule has 0 aliphatic rings. The van der Waals surface area contributed by atoms with Gasteiger partial charge in [0.25, 0.3) is 5.56 Å². The van der Waals surface area contributed by atoms with E-state index in [1.165, 1.54) is 22.8 Å². The van der Waals surface area contributed by atoms with E-state index in [0.29, 0.717) is 27.9 Å². The summed E-state index contributed by atoms with van der Waals surface area (Å²) in [4.78, 5) is 18.0. The number of aromatic nitrogens is 4. The molecule has 0 radical (unpaired) electrons. The zero-order valence-corrected chi connectivity index (χ0v) is 16.4. The van der Waals surface area contributed by atoms with Gasteiger partial charge < -0.3 is 4.74 Å². The van der Waals surface area contributed by atoms with Gasteiger partial charge in [-0.05, 0) is 30.3 Å². The van der Waals surface area contributed by atoms with Crippen molar-refractivity contribution in [3.8, 4) is 11.4 Å². The molecule has 1 N–H and O–H groups in total. The Balaban J connectivity index is 1.73. The molecule has 0 amide bonds. The van der Waals surface area contributed by atoms with Crippen molar-refractivity contribution in [1.29, 1.82) is 0 Å². The number of para-hydroxylation sites is 2. The Morgan fingerprint density at radius 2 is 1.72 bits per heavy atom. The Kier molecular flexibility index (Phi) is 4.66. The lowest BCUT2D eigenvalue weighted by atomic mass is 10.1. The van der Waals surface area contributed by atoms with E-state index >= 15 is 0 Å². The van der Waals surface area contributed by atoms with Gasteiger partial charge in [0.15, 0.2) is 0 Å². The number of fused-ring (bicyclic) bond motifs is 3. The van der Waals surface area contributed by atoms with E-state index in [2.05, 4.69) is 19.9 Å². The monoisotopic (exact) mass is 436 g/mol. The summed E-state index contributed by atoms with van der Waals surface area (Å²) in [6.45, 7) is 0. The Bertz CT molecular complexity index is 1490. The summed E-state index contributed by atoms with van der Waals surface area (Å²) >= 11 is 0. The fraction of sp³-hybridized carbons (Fsp3) is 0.0870. The minimum Gasteiger partial charge on any atom is -0.405 e. The van der Waals surface area contributed by atoms with Crippen molar-refractivity contribution >= 4 is 21.9 Å². The maximum atomic E-state index is 13.6. The van der Waals surface area contributed by atoms with Crippen LogP contribution in [-0.2, 0) is 6.42 Å². The molecular formula is C23H15F3N4O2. The second-order valence-electron chi connectivity index (χ2n) is 7.10. The van der Waals surface area contributed by atoms with E-state index in [9.17, 15) is 18.0 Å². The molecule has 0 unspecified atom stereocenters. The third-order valence-corrected chi connectivity index (χ3v) is 5.10. The summed E-state index contributed by atoms with van der Waals surface area (Å²) in [5.74, 6) is -0.331. The molecule has 0 bridgehead atoms. The predicted molar refractivity (Wildman–Crippen MR) is 113 cm³/mol. The molecule has 9 heteroatoms. The normalized spacial score (nSPS) is 11.8. The molecule has 32 heavy (non-hydrogen) atoms. The van der Waals surface area contributed by atoms with Gasteiger partial charge in [0, 0.05) is 23.6 Å².